The van der Waals surface area contributed by atoms with Crippen LogP contribution < -0.4 is 11.1 Å². The molecule has 1 atom stereocenters. The number of hydrogen-bond donors (Lipinski definition) is 2. The van der Waals surface area contributed by atoms with Gasteiger partial charge in [0.1, 0.15) is 4.90 Å². The van der Waals surface area contributed by atoms with E-state index < -0.39 is 10.0 Å². The molecule has 1 amide bonds. The molecule has 0 bridgehead atoms. The molecule has 1 aromatic rings. The third kappa shape index (κ3) is 4.32. The Morgan fingerprint density at radius 3 is 2.70 bits per heavy atom. The van der Waals surface area contributed by atoms with Crippen LogP contribution in [0.4, 0.5) is 0 Å². The van der Waals surface area contributed by atoms with Crippen LogP contribution in [0.2, 0.25) is 0 Å². The van der Waals surface area contributed by atoms with Gasteiger partial charge in [-0.2, -0.15) is 8.42 Å². The average Bonchev–Trinajstić information content (AvgIpc) is 2.96. The predicted molar refractivity (Wildman–Crippen MR) is 105 cm³/mol. The van der Waals surface area contributed by atoms with Gasteiger partial charge >= 0.3 is 0 Å². The molecule has 1 unspecified atom stereocenters. The molecule has 2 aliphatic rings. The molecule has 0 radical (unpaired) electrons. The fraction of sp³-hybridized carbons (Fsp3) is 0.579. The number of hydrogen-bond acceptors (Lipinski definition) is 5. The molecule has 27 heavy (non-hydrogen) atoms. The standard InChI is InChI=1S/C19H28N4O3S/c1-2-3-6-15(13-20)21-19(24)14-9-11-23(12-10-14)18-16-7-4-5-8-17(16)27(25,26)22-18/h4-5,7-8,14-15H,2-3,6,9-13,20H2,1H3,(H,21,24). The smallest absolute Gasteiger partial charge is 0.285 e. The number of fused-ring (bicyclic) bond motifs is 1. The highest BCUT2D eigenvalue weighted by atomic mass is 32.2. The molecule has 3 N–H and O–H groups in total. The summed E-state index contributed by atoms with van der Waals surface area (Å²) in [5.74, 6) is 0.501. The fourth-order valence-electron chi connectivity index (χ4n) is 3.69. The molecular weight excluding hydrogens is 364 g/mol. The van der Waals surface area contributed by atoms with E-state index in [-0.39, 0.29) is 22.8 Å². The zero-order chi connectivity index (χ0) is 19.4. The lowest BCUT2D eigenvalue weighted by atomic mass is 9.94. The Kier molecular flexibility index (Phi) is 6.16. The molecule has 0 aliphatic carbocycles. The minimum absolute atomic E-state index is 0.0340. The van der Waals surface area contributed by atoms with Gasteiger partial charge in [-0.15, -0.1) is 4.40 Å². The molecule has 2 heterocycles. The van der Waals surface area contributed by atoms with Gasteiger partial charge in [0, 0.05) is 37.2 Å². The summed E-state index contributed by atoms with van der Waals surface area (Å²) in [4.78, 5) is 14.8. The van der Waals surface area contributed by atoms with E-state index in [2.05, 4.69) is 16.6 Å². The first-order valence-corrected chi connectivity index (χ1v) is 11.1. The van der Waals surface area contributed by atoms with Gasteiger partial charge in [-0.3, -0.25) is 4.79 Å². The molecule has 7 nitrogen and oxygen atoms in total. The number of amides is 1. The highest BCUT2D eigenvalue weighted by Crippen LogP contribution is 2.29. The second kappa shape index (κ2) is 8.39. The van der Waals surface area contributed by atoms with Crippen molar-refractivity contribution in [3.8, 4) is 0 Å². The van der Waals surface area contributed by atoms with E-state index in [9.17, 15) is 13.2 Å². The third-order valence-electron chi connectivity index (χ3n) is 5.31. The fourth-order valence-corrected chi connectivity index (χ4v) is 4.92. The van der Waals surface area contributed by atoms with Crippen molar-refractivity contribution in [3.05, 3.63) is 29.8 Å². The minimum atomic E-state index is -3.61. The molecule has 8 heteroatoms. The van der Waals surface area contributed by atoms with Crippen LogP contribution in [0.3, 0.4) is 0 Å². The Bertz CT molecular complexity index is 814. The minimum Gasteiger partial charge on any atom is -0.355 e. The molecule has 2 aliphatic heterocycles. The monoisotopic (exact) mass is 392 g/mol. The van der Waals surface area contributed by atoms with Gasteiger partial charge in [-0.1, -0.05) is 31.9 Å². The van der Waals surface area contributed by atoms with Crippen LogP contribution in [0.1, 0.15) is 44.6 Å². The SMILES string of the molecule is CCCCC(CN)NC(=O)C1CCN(C2=NS(=O)(=O)c3ccccc32)CC1. The van der Waals surface area contributed by atoms with Crippen molar-refractivity contribution in [3.63, 3.8) is 0 Å². The lowest BCUT2D eigenvalue weighted by molar-refractivity contribution is -0.126. The topological polar surface area (TPSA) is 105 Å². The lowest BCUT2D eigenvalue weighted by Gasteiger charge is -2.33. The maximum atomic E-state index is 12.5. The van der Waals surface area contributed by atoms with Crippen molar-refractivity contribution in [1.29, 1.82) is 0 Å². The highest BCUT2D eigenvalue weighted by molar-refractivity contribution is 7.90. The zero-order valence-corrected chi connectivity index (χ0v) is 16.5. The largest absolute Gasteiger partial charge is 0.355 e. The summed E-state index contributed by atoms with van der Waals surface area (Å²) in [5, 5.41) is 3.08. The van der Waals surface area contributed by atoms with E-state index in [1.165, 1.54) is 0 Å². The summed E-state index contributed by atoms with van der Waals surface area (Å²) >= 11 is 0. The number of nitrogens with zero attached hydrogens (tertiary/aromatic N) is 2. The first-order chi connectivity index (χ1) is 13.0. The van der Waals surface area contributed by atoms with Gasteiger partial charge < -0.3 is 16.0 Å². The number of amidine groups is 1. The molecule has 1 fully saturated rings. The second-order valence-electron chi connectivity index (χ2n) is 7.23. The van der Waals surface area contributed by atoms with Crippen LogP contribution in [0, 0.1) is 5.92 Å². The van der Waals surface area contributed by atoms with Crippen LogP contribution in [0.15, 0.2) is 33.6 Å². The van der Waals surface area contributed by atoms with Gasteiger partial charge in [0.15, 0.2) is 5.84 Å². The Labute approximate surface area is 161 Å². The predicted octanol–water partition coefficient (Wildman–Crippen LogP) is 1.48. The van der Waals surface area contributed by atoms with Crippen molar-refractivity contribution < 1.29 is 13.2 Å². The Hall–Kier alpha value is -1.93. The van der Waals surface area contributed by atoms with E-state index in [0.717, 1.165) is 19.3 Å². The van der Waals surface area contributed by atoms with Crippen LogP contribution >= 0.6 is 0 Å². The van der Waals surface area contributed by atoms with Crippen LogP contribution in [0.5, 0.6) is 0 Å². The number of nitrogens with two attached hydrogens (primary N) is 1. The lowest BCUT2D eigenvalue weighted by Crippen LogP contribution is -2.47. The Balaban J connectivity index is 1.60. The molecule has 1 saturated heterocycles. The summed E-state index contributed by atoms with van der Waals surface area (Å²) in [6.07, 6.45) is 4.39. The molecule has 0 aromatic heterocycles. The number of sulfonamides is 1. The highest BCUT2D eigenvalue weighted by Gasteiger charge is 2.34. The molecule has 0 saturated carbocycles. The number of piperidine rings is 1. The van der Waals surface area contributed by atoms with E-state index in [0.29, 0.717) is 43.9 Å². The van der Waals surface area contributed by atoms with Gasteiger partial charge in [0.05, 0.1) is 0 Å². The number of benzene rings is 1. The van der Waals surface area contributed by atoms with Gasteiger partial charge in [-0.25, -0.2) is 0 Å². The molecular formula is C19H28N4O3S. The normalized spacial score (nSPS) is 20.1. The number of nitrogens with one attached hydrogen (secondary N) is 1. The van der Waals surface area contributed by atoms with E-state index in [1.54, 1.807) is 18.2 Å². The van der Waals surface area contributed by atoms with Crippen molar-refractivity contribution in [2.75, 3.05) is 19.6 Å². The summed E-state index contributed by atoms with van der Waals surface area (Å²) < 4.78 is 28.4. The number of unbranched alkanes of at least 4 members (excludes halogenated alkanes) is 1. The van der Waals surface area contributed by atoms with Gasteiger partial charge in [-0.05, 0) is 31.4 Å². The molecule has 3 rings (SSSR count). The van der Waals surface area contributed by atoms with E-state index in [1.807, 2.05) is 11.0 Å². The number of carbonyl (C=O) groups is 1. The average molecular weight is 393 g/mol. The Morgan fingerprint density at radius 2 is 2.04 bits per heavy atom. The maximum absolute atomic E-state index is 12.5. The number of likely N-dealkylation sites (tertiary alicyclic amines) is 1. The third-order valence-corrected chi connectivity index (χ3v) is 6.64. The van der Waals surface area contributed by atoms with Gasteiger partial charge in [0.2, 0.25) is 5.91 Å². The summed E-state index contributed by atoms with van der Waals surface area (Å²) in [6.45, 7) is 3.80. The molecule has 0 spiro atoms. The van der Waals surface area contributed by atoms with Crippen molar-refractivity contribution in [1.82, 2.24) is 10.2 Å². The number of carbonyl (C=O) groups excluding carboxylic acids is 1. The van der Waals surface area contributed by atoms with Crippen molar-refractivity contribution in [2.45, 2.75) is 50.0 Å². The van der Waals surface area contributed by atoms with E-state index >= 15 is 0 Å². The first kappa shape index (κ1) is 19.8. The Morgan fingerprint density at radius 1 is 1.33 bits per heavy atom. The van der Waals surface area contributed by atoms with Crippen LogP contribution in [-0.2, 0) is 14.8 Å². The van der Waals surface area contributed by atoms with E-state index in [4.69, 9.17) is 5.73 Å². The molecule has 1 aromatic carbocycles. The summed E-state index contributed by atoms with van der Waals surface area (Å²) in [6, 6.07) is 6.93. The van der Waals surface area contributed by atoms with Crippen LogP contribution in [0.25, 0.3) is 0 Å². The quantitative estimate of drug-likeness (QED) is 0.763. The van der Waals surface area contributed by atoms with Gasteiger partial charge in [0.25, 0.3) is 10.0 Å². The number of rotatable bonds is 6. The summed E-state index contributed by atoms with van der Waals surface area (Å²) in [5.41, 5.74) is 6.43. The van der Waals surface area contributed by atoms with Crippen molar-refractivity contribution >= 4 is 21.8 Å². The first-order valence-electron chi connectivity index (χ1n) is 9.66. The maximum Gasteiger partial charge on any atom is 0.285 e. The second-order valence-corrected chi connectivity index (χ2v) is 8.80. The molecule has 148 valence electrons. The zero-order valence-electron chi connectivity index (χ0n) is 15.7. The summed E-state index contributed by atoms with van der Waals surface area (Å²) in [7, 11) is -3.61. The van der Waals surface area contributed by atoms with Crippen LogP contribution in [-0.4, -0.2) is 50.7 Å². The van der Waals surface area contributed by atoms with Crippen molar-refractivity contribution in [2.24, 2.45) is 16.0 Å².